The van der Waals surface area contributed by atoms with Crippen LogP contribution in [0.1, 0.15) is 69.3 Å². The minimum absolute atomic E-state index is 0.0742. The number of aromatic nitrogens is 1. The predicted molar refractivity (Wildman–Crippen MR) is 163 cm³/mol. The summed E-state index contributed by atoms with van der Waals surface area (Å²) in [6, 6.07) is 10.9. The first-order valence-electron chi connectivity index (χ1n) is 14.3. The summed E-state index contributed by atoms with van der Waals surface area (Å²) in [5.74, 6) is -1.19. The van der Waals surface area contributed by atoms with E-state index in [1.807, 2.05) is 13.8 Å². The lowest BCUT2D eigenvalue weighted by atomic mass is 10.1. The van der Waals surface area contributed by atoms with E-state index in [1.165, 1.54) is 12.1 Å². The van der Waals surface area contributed by atoms with Crippen LogP contribution in [0.4, 0.5) is 10.5 Å². The summed E-state index contributed by atoms with van der Waals surface area (Å²) in [5, 5.41) is 12.2. The van der Waals surface area contributed by atoms with Gasteiger partial charge in [-0.25, -0.2) is 14.7 Å². The molecule has 1 fully saturated rings. The number of amides is 3. The number of carbonyl (C=O) groups is 4. The smallest absolute Gasteiger partial charge is 0.419 e. The van der Waals surface area contributed by atoms with E-state index in [9.17, 15) is 24.3 Å². The second-order valence-corrected chi connectivity index (χ2v) is 10.7. The van der Waals surface area contributed by atoms with Crippen molar-refractivity contribution in [2.45, 2.75) is 52.5 Å². The molecule has 0 saturated heterocycles. The third-order valence-electron chi connectivity index (χ3n) is 7.17. The number of hydrogen-bond acceptors (Lipinski definition) is 8. The molecule has 0 radical (unpaired) electrons. The summed E-state index contributed by atoms with van der Waals surface area (Å²) >= 11 is 0. The number of aromatic hydroxyl groups is 1. The molecule has 4 rings (SSSR count). The number of rotatable bonds is 11. The Morgan fingerprint density at radius 3 is 2.45 bits per heavy atom. The predicted octanol–water partition coefficient (Wildman–Crippen LogP) is 4.01. The molecule has 1 aromatic heterocycles. The molecule has 0 unspecified atom stereocenters. The Balaban J connectivity index is 1.46. The van der Waals surface area contributed by atoms with Crippen LogP contribution < -0.4 is 11.1 Å². The van der Waals surface area contributed by atoms with Crippen LogP contribution in [-0.2, 0) is 27.7 Å². The first-order chi connectivity index (χ1) is 21.0. The van der Waals surface area contributed by atoms with Crippen molar-refractivity contribution >= 4 is 35.4 Å². The van der Waals surface area contributed by atoms with E-state index in [0.717, 1.165) is 16.9 Å². The van der Waals surface area contributed by atoms with Gasteiger partial charge in [0.2, 0.25) is 6.79 Å². The second-order valence-electron chi connectivity index (χ2n) is 10.7. The van der Waals surface area contributed by atoms with Gasteiger partial charge in [-0.15, -0.1) is 0 Å². The van der Waals surface area contributed by atoms with Crippen LogP contribution in [0.5, 0.6) is 5.75 Å². The van der Waals surface area contributed by atoms with Crippen molar-refractivity contribution in [3.8, 4) is 5.75 Å². The van der Waals surface area contributed by atoms with E-state index < -0.39 is 24.8 Å². The number of amidine groups is 1. The quantitative estimate of drug-likeness (QED) is 0.128. The lowest BCUT2D eigenvalue weighted by Crippen LogP contribution is -2.39. The average molecular weight is 604 g/mol. The minimum Gasteiger partial charge on any atom is -0.508 e. The molecule has 12 nitrogen and oxygen atoms in total. The fourth-order valence-corrected chi connectivity index (χ4v) is 4.64. The molecule has 1 heterocycles. The second kappa shape index (κ2) is 13.9. The number of phenols is 1. The SMILES string of the molecule is CCCNC(=O)c1ccc(C)c(N=C(N)c2c(C)c(C(=O)N(C(=O)OCOC(=O)Cc3ccc(O)cc3)C3CC3)cn2C)c1. The number of hydrogen-bond donors (Lipinski definition) is 3. The molecule has 0 aliphatic heterocycles. The topological polar surface area (TPSA) is 166 Å². The van der Waals surface area contributed by atoms with Gasteiger partial charge in [0.05, 0.1) is 23.4 Å². The van der Waals surface area contributed by atoms with Crippen LogP contribution in [0, 0.1) is 13.8 Å². The van der Waals surface area contributed by atoms with Crippen LogP contribution >= 0.6 is 0 Å². The molecule has 1 aliphatic carbocycles. The molecule has 1 saturated carbocycles. The van der Waals surface area contributed by atoms with Crippen molar-refractivity contribution in [3.05, 3.63) is 82.2 Å². The van der Waals surface area contributed by atoms with Crippen LogP contribution in [0.15, 0.2) is 53.7 Å². The van der Waals surface area contributed by atoms with Gasteiger partial charge in [0.25, 0.3) is 11.8 Å². The summed E-state index contributed by atoms with van der Waals surface area (Å²) in [7, 11) is 1.72. The Kier molecular flexibility index (Phi) is 10.0. The van der Waals surface area contributed by atoms with E-state index in [-0.39, 0.29) is 35.5 Å². The maximum Gasteiger partial charge on any atom is 0.419 e. The van der Waals surface area contributed by atoms with Gasteiger partial charge in [-0.1, -0.05) is 25.1 Å². The number of nitrogens with zero attached hydrogens (tertiary/aromatic N) is 3. The molecule has 0 spiro atoms. The van der Waals surface area contributed by atoms with Crippen molar-refractivity contribution in [1.82, 2.24) is 14.8 Å². The van der Waals surface area contributed by atoms with Gasteiger partial charge in [-0.05, 0) is 74.1 Å². The minimum atomic E-state index is -0.921. The van der Waals surface area contributed by atoms with Crippen LogP contribution in [0.3, 0.4) is 0 Å². The zero-order valence-electron chi connectivity index (χ0n) is 25.3. The molecular weight excluding hydrogens is 566 g/mol. The van der Waals surface area contributed by atoms with Gasteiger partial charge >= 0.3 is 12.1 Å². The van der Waals surface area contributed by atoms with Gasteiger partial charge in [-0.2, -0.15) is 0 Å². The van der Waals surface area contributed by atoms with Gasteiger partial charge in [0.1, 0.15) is 11.6 Å². The highest BCUT2D eigenvalue weighted by Crippen LogP contribution is 2.31. The van der Waals surface area contributed by atoms with E-state index >= 15 is 0 Å². The van der Waals surface area contributed by atoms with E-state index in [4.69, 9.17) is 15.2 Å². The van der Waals surface area contributed by atoms with Crippen LogP contribution in [0.25, 0.3) is 0 Å². The lowest BCUT2D eigenvalue weighted by molar-refractivity contribution is -0.151. The van der Waals surface area contributed by atoms with Gasteiger partial charge in [-0.3, -0.25) is 14.4 Å². The Hall–Kier alpha value is -5.13. The molecule has 3 amide bonds. The third-order valence-corrected chi connectivity index (χ3v) is 7.17. The molecule has 3 aromatic rings. The van der Waals surface area contributed by atoms with Crippen molar-refractivity contribution < 1.29 is 33.8 Å². The molecule has 0 atom stereocenters. The third kappa shape index (κ3) is 7.63. The zero-order chi connectivity index (χ0) is 32.0. The summed E-state index contributed by atoms with van der Waals surface area (Å²) in [4.78, 5) is 56.8. The molecule has 0 bridgehead atoms. The van der Waals surface area contributed by atoms with Crippen LogP contribution in [0.2, 0.25) is 0 Å². The van der Waals surface area contributed by atoms with Crippen LogP contribution in [-0.4, -0.2) is 63.7 Å². The number of ether oxygens (including phenoxy) is 2. The summed E-state index contributed by atoms with van der Waals surface area (Å²) in [5.41, 5.74) is 10.1. The molecule has 4 N–H and O–H groups in total. The number of aliphatic imine (C=N–C) groups is 1. The van der Waals surface area contributed by atoms with E-state index in [0.29, 0.717) is 47.5 Å². The first-order valence-corrected chi connectivity index (χ1v) is 14.3. The van der Waals surface area contributed by atoms with Crippen molar-refractivity contribution in [2.75, 3.05) is 13.3 Å². The number of nitrogens with one attached hydrogen (secondary N) is 1. The number of imide groups is 1. The van der Waals surface area contributed by atoms with E-state index in [2.05, 4.69) is 10.3 Å². The molecule has 12 heteroatoms. The monoisotopic (exact) mass is 603 g/mol. The Morgan fingerprint density at radius 1 is 1.09 bits per heavy atom. The maximum absolute atomic E-state index is 13.6. The average Bonchev–Trinajstić information content (AvgIpc) is 3.77. The molecule has 1 aliphatic rings. The normalized spacial score (nSPS) is 12.9. The summed E-state index contributed by atoms with van der Waals surface area (Å²) < 4.78 is 11.8. The number of nitrogens with two attached hydrogens (primary N) is 1. The number of carbonyl (C=O) groups excluding carboxylic acids is 4. The maximum atomic E-state index is 13.6. The fraction of sp³-hybridized carbons (Fsp3) is 0.344. The Bertz CT molecular complexity index is 1590. The van der Waals surface area contributed by atoms with Gasteiger partial charge < -0.3 is 30.2 Å². The number of benzene rings is 2. The highest BCUT2D eigenvalue weighted by Gasteiger charge is 2.40. The Labute approximate surface area is 255 Å². The highest BCUT2D eigenvalue weighted by atomic mass is 16.7. The standard InChI is InChI=1S/C32H37N5O7/c1-5-14-34-30(40)22-9-6-19(2)26(16-22)35-29(33)28-20(3)25(17-36(28)4)31(41)37(23-10-11-23)32(42)44-18-43-27(39)15-21-7-12-24(38)13-8-21/h6-9,12-13,16-17,23,38H,5,10-11,14-15,18H2,1-4H3,(H2,33,35)(H,34,40). The zero-order valence-corrected chi connectivity index (χ0v) is 25.3. The van der Waals surface area contributed by atoms with Crippen molar-refractivity contribution in [3.63, 3.8) is 0 Å². The molecule has 232 valence electrons. The first kappa shape index (κ1) is 31.8. The molecule has 2 aromatic carbocycles. The van der Waals surface area contributed by atoms with Crippen molar-refractivity contribution in [1.29, 1.82) is 0 Å². The summed E-state index contributed by atoms with van der Waals surface area (Å²) in [6.07, 6.45) is 2.66. The number of aryl methyl sites for hydroxylation is 2. The number of phenolic OH excluding ortho intramolecular Hbond substituents is 1. The fourth-order valence-electron chi connectivity index (χ4n) is 4.64. The largest absolute Gasteiger partial charge is 0.508 e. The van der Waals surface area contributed by atoms with Gasteiger partial charge in [0, 0.05) is 31.4 Å². The molecule has 44 heavy (non-hydrogen) atoms. The highest BCUT2D eigenvalue weighted by molar-refractivity contribution is 6.08. The number of esters is 1. The van der Waals surface area contributed by atoms with Crippen molar-refractivity contribution in [2.24, 2.45) is 17.8 Å². The van der Waals surface area contributed by atoms with Gasteiger partial charge in [0.15, 0.2) is 0 Å². The lowest BCUT2D eigenvalue weighted by Gasteiger charge is -2.20. The van der Waals surface area contributed by atoms with E-state index in [1.54, 1.807) is 55.1 Å². The summed E-state index contributed by atoms with van der Waals surface area (Å²) in [6.45, 7) is 5.45. The Morgan fingerprint density at radius 2 is 1.80 bits per heavy atom. The molecular formula is C32H37N5O7.